The molecule has 2 heterocycles. The molecule has 0 aliphatic heterocycles. The summed E-state index contributed by atoms with van der Waals surface area (Å²) in [5.41, 5.74) is 9.04. The normalized spacial score (nSPS) is 12.2. The lowest BCUT2D eigenvalue weighted by atomic mass is 10.0. The molecule has 3 rings (SSSR count). The zero-order valence-electron chi connectivity index (χ0n) is 12.3. The molecule has 6 nitrogen and oxygen atoms in total. The highest BCUT2D eigenvalue weighted by Gasteiger charge is 2.21. The number of pyridine rings is 1. The highest BCUT2D eigenvalue weighted by molar-refractivity contribution is 7.80. The maximum Gasteiger partial charge on any atom is 0.269 e. The fourth-order valence-corrected chi connectivity index (χ4v) is 2.63. The topological polar surface area (TPSA) is 86.5 Å². The Morgan fingerprint density at radius 3 is 2.61 bits per heavy atom. The van der Waals surface area contributed by atoms with E-state index in [1.54, 1.807) is 12.1 Å². The summed E-state index contributed by atoms with van der Waals surface area (Å²) in [5, 5.41) is 10.8. The van der Waals surface area contributed by atoms with Gasteiger partial charge < -0.3 is 10.1 Å². The standard InChI is InChI=1S/C16H14N4O2S/c1-10(16(17)23)15-14(18-13-4-2-3-9-19(13)15)11-5-7-12(8-6-11)20(21)22/h2-10H,1H3,(H2,17,23). The highest BCUT2D eigenvalue weighted by atomic mass is 32.1. The number of hydrogen-bond acceptors (Lipinski definition) is 4. The zero-order valence-corrected chi connectivity index (χ0v) is 13.2. The van der Waals surface area contributed by atoms with Crippen molar-refractivity contribution in [1.29, 1.82) is 0 Å². The number of non-ortho nitro benzene ring substituents is 1. The lowest BCUT2D eigenvalue weighted by molar-refractivity contribution is -0.384. The SMILES string of the molecule is CC(C(N)=S)c1c(-c2ccc([N+](=O)[O-])cc2)nc2ccccn12. The molecule has 0 amide bonds. The van der Waals surface area contributed by atoms with Gasteiger partial charge in [0, 0.05) is 29.8 Å². The van der Waals surface area contributed by atoms with E-state index < -0.39 is 4.92 Å². The van der Waals surface area contributed by atoms with Gasteiger partial charge in [0.25, 0.3) is 5.69 Å². The molecule has 116 valence electrons. The largest absolute Gasteiger partial charge is 0.393 e. The van der Waals surface area contributed by atoms with Crippen LogP contribution in [0.5, 0.6) is 0 Å². The quantitative estimate of drug-likeness (QED) is 0.451. The van der Waals surface area contributed by atoms with Crippen molar-refractivity contribution in [3.8, 4) is 11.3 Å². The van der Waals surface area contributed by atoms with E-state index in [0.717, 1.165) is 22.6 Å². The molecule has 7 heteroatoms. The van der Waals surface area contributed by atoms with Crippen LogP contribution in [0.15, 0.2) is 48.7 Å². The number of nitro benzene ring substituents is 1. The van der Waals surface area contributed by atoms with Gasteiger partial charge in [0.2, 0.25) is 0 Å². The van der Waals surface area contributed by atoms with Crippen LogP contribution in [0.3, 0.4) is 0 Å². The number of nitrogens with zero attached hydrogens (tertiary/aromatic N) is 3. The summed E-state index contributed by atoms with van der Waals surface area (Å²) in [4.78, 5) is 15.4. The van der Waals surface area contributed by atoms with Crippen LogP contribution >= 0.6 is 12.2 Å². The summed E-state index contributed by atoms with van der Waals surface area (Å²) in [6.07, 6.45) is 1.90. The van der Waals surface area contributed by atoms with Crippen molar-refractivity contribution < 1.29 is 4.92 Å². The van der Waals surface area contributed by atoms with E-state index in [0.29, 0.717) is 4.99 Å². The first-order chi connectivity index (χ1) is 11.0. The number of hydrogen-bond donors (Lipinski definition) is 1. The van der Waals surface area contributed by atoms with Crippen molar-refractivity contribution in [2.75, 3.05) is 0 Å². The minimum Gasteiger partial charge on any atom is -0.393 e. The molecule has 0 aliphatic carbocycles. The van der Waals surface area contributed by atoms with Gasteiger partial charge in [-0.25, -0.2) is 4.98 Å². The first-order valence-corrected chi connectivity index (χ1v) is 7.41. The van der Waals surface area contributed by atoms with Gasteiger partial charge >= 0.3 is 0 Å². The van der Waals surface area contributed by atoms with Crippen molar-refractivity contribution in [2.24, 2.45) is 5.73 Å². The second kappa shape index (κ2) is 5.77. The Morgan fingerprint density at radius 2 is 2.00 bits per heavy atom. The molecule has 1 aromatic carbocycles. The van der Waals surface area contributed by atoms with Gasteiger partial charge in [0.15, 0.2) is 0 Å². The molecule has 2 N–H and O–H groups in total. The maximum absolute atomic E-state index is 10.8. The summed E-state index contributed by atoms with van der Waals surface area (Å²) in [6, 6.07) is 12.0. The first kappa shape index (κ1) is 15.1. The van der Waals surface area contributed by atoms with Gasteiger partial charge in [0.05, 0.1) is 21.3 Å². The number of fused-ring (bicyclic) bond motifs is 1. The van der Waals surface area contributed by atoms with Crippen molar-refractivity contribution in [3.05, 3.63) is 64.5 Å². The Kier molecular flexibility index (Phi) is 3.79. The average Bonchev–Trinajstić information content (AvgIpc) is 2.93. The zero-order chi connectivity index (χ0) is 16.6. The Hall–Kier alpha value is -2.80. The summed E-state index contributed by atoms with van der Waals surface area (Å²) in [6.45, 7) is 1.92. The minimum atomic E-state index is -0.425. The fourth-order valence-electron chi connectivity index (χ4n) is 2.52. The van der Waals surface area contributed by atoms with E-state index in [2.05, 4.69) is 4.98 Å². The highest BCUT2D eigenvalue weighted by Crippen LogP contribution is 2.31. The third kappa shape index (κ3) is 2.66. The van der Waals surface area contributed by atoms with Crippen LogP contribution in [-0.2, 0) is 0 Å². The van der Waals surface area contributed by atoms with Gasteiger partial charge in [-0.3, -0.25) is 10.1 Å². The van der Waals surface area contributed by atoms with Gasteiger partial charge in [-0.2, -0.15) is 0 Å². The molecule has 0 saturated heterocycles. The number of benzene rings is 1. The number of thiocarbonyl (C=S) groups is 1. The number of rotatable bonds is 4. The van der Waals surface area contributed by atoms with E-state index >= 15 is 0 Å². The molecular weight excluding hydrogens is 312 g/mol. The van der Waals surface area contributed by atoms with Gasteiger partial charge in [-0.15, -0.1) is 0 Å². The van der Waals surface area contributed by atoms with Crippen LogP contribution in [-0.4, -0.2) is 19.3 Å². The van der Waals surface area contributed by atoms with Gasteiger partial charge in [0.1, 0.15) is 5.65 Å². The summed E-state index contributed by atoms with van der Waals surface area (Å²) >= 11 is 5.14. The molecule has 1 unspecified atom stereocenters. The van der Waals surface area contributed by atoms with E-state index in [1.165, 1.54) is 12.1 Å². The van der Waals surface area contributed by atoms with E-state index in [-0.39, 0.29) is 11.6 Å². The summed E-state index contributed by atoms with van der Waals surface area (Å²) < 4.78 is 1.95. The smallest absolute Gasteiger partial charge is 0.269 e. The first-order valence-electron chi connectivity index (χ1n) is 7.00. The predicted octanol–water partition coefficient (Wildman–Crippen LogP) is 3.30. The van der Waals surface area contributed by atoms with E-state index in [1.807, 2.05) is 35.7 Å². The average molecular weight is 326 g/mol. The Labute approximate surface area is 137 Å². The molecule has 23 heavy (non-hydrogen) atoms. The fraction of sp³-hybridized carbons (Fsp3) is 0.125. The van der Waals surface area contributed by atoms with Gasteiger partial charge in [-0.1, -0.05) is 25.2 Å². The third-order valence-electron chi connectivity index (χ3n) is 3.76. The number of nitro groups is 1. The Balaban J connectivity index is 2.21. The van der Waals surface area contributed by atoms with Crippen LogP contribution < -0.4 is 5.73 Å². The van der Waals surface area contributed by atoms with Crippen molar-refractivity contribution >= 4 is 28.5 Å². The van der Waals surface area contributed by atoms with Crippen LogP contribution in [0.2, 0.25) is 0 Å². The van der Waals surface area contributed by atoms with Crippen molar-refractivity contribution in [1.82, 2.24) is 9.38 Å². The molecule has 3 aromatic rings. The second-order valence-electron chi connectivity index (χ2n) is 5.20. The maximum atomic E-state index is 10.8. The van der Waals surface area contributed by atoms with Crippen LogP contribution in [0.1, 0.15) is 18.5 Å². The Morgan fingerprint density at radius 1 is 1.30 bits per heavy atom. The second-order valence-corrected chi connectivity index (χ2v) is 5.67. The number of aromatic nitrogens is 2. The molecule has 0 fully saturated rings. The Bertz CT molecular complexity index is 902. The third-order valence-corrected chi connectivity index (χ3v) is 4.11. The number of imidazole rings is 1. The molecular formula is C16H14N4O2S. The molecule has 0 bridgehead atoms. The number of nitrogens with two attached hydrogens (primary N) is 1. The summed E-state index contributed by atoms with van der Waals surface area (Å²) in [5.74, 6) is -0.174. The monoisotopic (exact) mass is 326 g/mol. The lowest BCUT2D eigenvalue weighted by Crippen LogP contribution is -2.18. The van der Waals surface area contributed by atoms with Crippen LogP contribution in [0.4, 0.5) is 5.69 Å². The molecule has 0 aliphatic rings. The van der Waals surface area contributed by atoms with Crippen LogP contribution in [0, 0.1) is 10.1 Å². The van der Waals surface area contributed by atoms with Crippen molar-refractivity contribution in [3.63, 3.8) is 0 Å². The molecule has 1 atom stereocenters. The lowest BCUT2D eigenvalue weighted by Gasteiger charge is -2.12. The minimum absolute atomic E-state index is 0.0430. The summed E-state index contributed by atoms with van der Waals surface area (Å²) in [7, 11) is 0. The van der Waals surface area contributed by atoms with Crippen LogP contribution in [0.25, 0.3) is 16.9 Å². The molecule has 0 spiro atoms. The van der Waals surface area contributed by atoms with E-state index in [4.69, 9.17) is 18.0 Å². The predicted molar refractivity (Wildman–Crippen MR) is 92.5 cm³/mol. The van der Waals surface area contributed by atoms with E-state index in [9.17, 15) is 10.1 Å². The molecule has 0 saturated carbocycles. The molecule has 0 radical (unpaired) electrons. The molecule has 2 aromatic heterocycles. The van der Waals surface area contributed by atoms with Crippen molar-refractivity contribution in [2.45, 2.75) is 12.8 Å². The van der Waals surface area contributed by atoms with Gasteiger partial charge in [-0.05, 0) is 24.3 Å².